The summed E-state index contributed by atoms with van der Waals surface area (Å²) in [7, 11) is 0. The Kier molecular flexibility index (Phi) is 2.61. The van der Waals surface area contributed by atoms with Gasteiger partial charge in [0.2, 0.25) is 0 Å². The number of rotatable bonds is 0. The largest absolute Gasteiger partial charge is 0.235 e. The number of aromatic nitrogens is 1. The van der Waals surface area contributed by atoms with E-state index in [1.165, 1.54) is 32.3 Å². The highest BCUT2D eigenvalue weighted by molar-refractivity contribution is 6.39. The number of halogens is 1. The van der Waals surface area contributed by atoms with Gasteiger partial charge in [0.1, 0.15) is 5.15 Å². The second-order valence-corrected chi connectivity index (χ2v) is 6.15. The van der Waals surface area contributed by atoms with Crippen LogP contribution in [0.2, 0.25) is 5.15 Å². The van der Waals surface area contributed by atoms with E-state index in [-0.39, 0.29) is 0 Å². The van der Waals surface area contributed by atoms with Gasteiger partial charge in [-0.3, -0.25) is 0 Å². The highest BCUT2D eigenvalue weighted by Gasteiger charge is 2.12. The molecule has 1 heterocycles. The highest BCUT2D eigenvalue weighted by atomic mass is 35.5. The van der Waals surface area contributed by atoms with E-state index in [1.54, 1.807) is 0 Å². The van der Waals surface area contributed by atoms with Crippen LogP contribution in [0, 0.1) is 0 Å². The maximum atomic E-state index is 6.48. The molecule has 0 radical (unpaired) electrons. The van der Waals surface area contributed by atoms with Gasteiger partial charge in [0.25, 0.3) is 0 Å². The van der Waals surface area contributed by atoms with Gasteiger partial charge in [0.15, 0.2) is 0 Å². The smallest absolute Gasteiger partial charge is 0.137 e. The Morgan fingerprint density at radius 2 is 1.17 bits per heavy atom. The van der Waals surface area contributed by atoms with Crippen molar-refractivity contribution in [3.63, 3.8) is 0 Å². The second-order valence-electron chi connectivity index (χ2n) is 5.79. The maximum absolute atomic E-state index is 6.48. The lowest BCUT2D eigenvalue weighted by atomic mass is 9.96. The van der Waals surface area contributed by atoms with Crippen molar-refractivity contribution in [2.75, 3.05) is 0 Å². The minimum atomic E-state index is 0.563. The molecule has 108 valence electrons. The molecule has 2 heteroatoms. The molecule has 0 atom stereocenters. The van der Waals surface area contributed by atoms with Gasteiger partial charge in [-0.1, -0.05) is 78.3 Å². The molecule has 0 unspecified atom stereocenters. The zero-order valence-electron chi connectivity index (χ0n) is 12.3. The summed E-state index contributed by atoms with van der Waals surface area (Å²) in [5, 5.41) is 8.82. The van der Waals surface area contributed by atoms with Crippen LogP contribution >= 0.6 is 11.6 Å². The van der Waals surface area contributed by atoms with Gasteiger partial charge in [0.05, 0.1) is 5.52 Å². The molecule has 23 heavy (non-hydrogen) atoms. The monoisotopic (exact) mass is 313 g/mol. The van der Waals surface area contributed by atoms with Gasteiger partial charge in [0, 0.05) is 16.2 Å². The van der Waals surface area contributed by atoms with Crippen molar-refractivity contribution in [1.29, 1.82) is 0 Å². The van der Waals surface area contributed by atoms with Crippen LogP contribution in [0.15, 0.2) is 72.8 Å². The van der Waals surface area contributed by atoms with Gasteiger partial charge < -0.3 is 0 Å². The van der Waals surface area contributed by atoms with Gasteiger partial charge in [-0.2, -0.15) is 0 Å². The number of nitrogens with zero attached hydrogens (tertiary/aromatic N) is 1. The minimum Gasteiger partial charge on any atom is -0.235 e. The van der Waals surface area contributed by atoms with Gasteiger partial charge in [-0.25, -0.2) is 4.98 Å². The predicted molar refractivity (Wildman–Crippen MR) is 99.3 cm³/mol. The summed E-state index contributed by atoms with van der Waals surface area (Å²) in [5.74, 6) is 0. The second kappa shape index (κ2) is 4.68. The molecule has 5 aromatic rings. The molecule has 1 nitrogen and oxygen atoms in total. The number of hydrogen-bond donors (Lipinski definition) is 0. The average molecular weight is 314 g/mol. The summed E-state index contributed by atoms with van der Waals surface area (Å²) < 4.78 is 0. The van der Waals surface area contributed by atoms with Crippen molar-refractivity contribution in [1.82, 2.24) is 4.98 Å². The van der Waals surface area contributed by atoms with E-state index < -0.39 is 0 Å². The van der Waals surface area contributed by atoms with Crippen LogP contribution in [0.1, 0.15) is 0 Å². The van der Waals surface area contributed by atoms with Crippen LogP contribution in [-0.4, -0.2) is 4.98 Å². The Morgan fingerprint density at radius 1 is 0.565 bits per heavy atom. The van der Waals surface area contributed by atoms with E-state index >= 15 is 0 Å². The van der Waals surface area contributed by atoms with E-state index in [0.29, 0.717) is 5.15 Å². The lowest BCUT2D eigenvalue weighted by molar-refractivity contribution is 1.45. The van der Waals surface area contributed by atoms with Crippen molar-refractivity contribution in [2.45, 2.75) is 0 Å². The Hall–Kier alpha value is -2.64. The molecular formula is C21H12ClN. The number of fused-ring (bicyclic) bond motifs is 7. The first kappa shape index (κ1) is 12.9. The fourth-order valence-electron chi connectivity index (χ4n) is 3.49. The van der Waals surface area contributed by atoms with Crippen LogP contribution in [-0.2, 0) is 0 Å². The van der Waals surface area contributed by atoms with E-state index in [2.05, 4.69) is 77.8 Å². The summed E-state index contributed by atoms with van der Waals surface area (Å²) >= 11 is 6.48. The first-order valence-corrected chi connectivity index (χ1v) is 7.99. The first-order chi connectivity index (χ1) is 11.3. The molecule has 1 aromatic heterocycles. The Bertz CT molecular complexity index is 1220. The Morgan fingerprint density at radius 3 is 1.91 bits per heavy atom. The van der Waals surface area contributed by atoms with E-state index in [9.17, 15) is 0 Å². The Labute approximate surface area is 138 Å². The van der Waals surface area contributed by atoms with Crippen LogP contribution < -0.4 is 0 Å². The first-order valence-electron chi connectivity index (χ1n) is 7.61. The topological polar surface area (TPSA) is 12.9 Å². The molecule has 0 aliphatic rings. The third-order valence-corrected chi connectivity index (χ3v) is 4.82. The zero-order valence-corrected chi connectivity index (χ0v) is 13.0. The molecule has 0 spiro atoms. The molecular weight excluding hydrogens is 302 g/mol. The lowest BCUT2D eigenvalue weighted by Crippen LogP contribution is -1.88. The van der Waals surface area contributed by atoms with Crippen molar-refractivity contribution in [3.05, 3.63) is 77.9 Å². The standard InChI is InChI=1S/C21H12ClN/c22-21-17-11-9-13-5-1-3-7-15(13)19(17)20-16-8-4-2-6-14(16)10-12-18(20)23-21/h1-12H. The quantitative estimate of drug-likeness (QED) is 0.240. The normalized spacial score (nSPS) is 11.7. The molecule has 5 rings (SSSR count). The van der Waals surface area contributed by atoms with Gasteiger partial charge in [-0.15, -0.1) is 0 Å². The molecule has 4 aromatic carbocycles. The van der Waals surface area contributed by atoms with Crippen molar-refractivity contribution in [2.24, 2.45) is 0 Å². The summed E-state index contributed by atoms with van der Waals surface area (Å²) in [6.07, 6.45) is 0. The third kappa shape index (κ3) is 1.77. The van der Waals surface area contributed by atoms with Crippen LogP contribution in [0.5, 0.6) is 0 Å². The van der Waals surface area contributed by atoms with Crippen LogP contribution in [0.4, 0.5) is 0 Å². The lowest BCUT2D eigenvalue weighted by Gasteiger charge is -2.11. The molecule has 0 amide bonds. The average Bonchev–Trinajstić information content (AvgIpc) is 2.61. The minimum absolute atomic E-state index is 0.563. The molecule has 0 N–H and O–H groups in total. The van der Waals surface area contributed by atoms with Crippen LogP contribution in [0.25, 0.3) is 43.2 Å². The fraction of sp³-hybridized carbons (Fsp3) is 0. The summed E-state index contributed by atoms with van der Waals surface area (Å²) in [6, 6.07) is 25.2. The molecule has 0 fully saturated rings. The predicted octanol–water partition coefficient (Wildman–Crippen LogP) is 6.35. The van der Waals surface area contributed by atoms with Gasteiger partial charge in [-0.05, 0) is 27.6 Å². The van der Waals surface area contributed by atoms with E-state index in [0.717, 1.165) is 10.9 Å². The van der Waals surface area contributed by atoms with Crippen molar-refractivity contribution in [3.8, 4) is 0 Å². The summed E-state index contributed by atoms with van der Waals surface area (Å²) in [4.78, 5) is 4.63. The fourth-order valence-corrected chi connectivity index (χ4v) is 3.74. The molecule has 0 aliphatic heterocycles. The number of pyridine rings is 1. The molecule has 0 aliphatic carbocycles. The van der Waals surface area contributed by atoms with Gasteiger partial charge >= 0.3 is 0 Å². The third-order valence-electron chi connectivity index (χ3n) is 4.53. The molecule has 0 bridgehead atoms. The summed E-state index contributed by atoms with van der Waals surface area (Å²) in [6.45, 7) is 0. The number of hydrogen-bond acceptors (Lipinski definition) is 1. The number of benzene rings is 4. The SMILES string of the molecule is Clc1nc2ccc3ccccc3c2c2c1ccc1ccccc12. The van der Waals surface area contributed by atoms with Crippen LogP contribution in [0.3, 0.4) is 0 Å². The molecule has 0 saturated heterocycles. The Balaban J connectivity index is 2.21. The maximum Gasteiger partial charge on any atom is 0.137 e. The molecule has 0 saturated carbocycles. The highest BCUT2D eigenvalue weighted by Crippen LogP contribution is 2.38. The van der Waals surface area contributed by atoms with Crippen molar-refractivity contribution < 1.29 is 0 Å². The summed E-state index contributed by atoms with van der Waals surface area (Å²) in [5.41, 5.74) is 0.942. The zero-order chi connectivity index (χ0) is 15.4. The van der Waals surface area contributed by atoms with E-state index in [1.807, 2.05) is 0 Å². The van der Waals surface area contributed by atoms with Crippen molar-refractivity contribution >= 4 is 54.8 Å². The van der Waals surface area contributed by atoms with E-state index in [4.69, 9.17) is 11.6 Å².